The normalized spacial score (nSPS) is 17.0. The number of carbonyl (C=O) groups is 2. The van der Waals surface area contributed by atoms with Crippen molar-refractivity contribution >= 4 is 23.3 Å². The molecular weight excluding hydrogens is 304 g/mol. The molecule has 2 N–H and O–H groups in total. The summed E-state index contributed by atoms with van der Waals surface area (Å²) in [6.07, 6.45) is 0.0113. The number of nitrogens with one attached hydrogen (secondary N) is 1. The molecule has 2 heterocycles. The highest BCUT2D eigenvalue weighted by Gasteiger charge is 2.40. The van der Waals surface area contributed by atoms with E-state index >= 15 is 0 Å². The fourth-order valence-electron chi connectivity index (χ4n) is 2.00. The summed E-state index contributed by atoms with van der Waals surface area (Å²) in [5.74, 6) is -3.74. The van der Waals surface area contributed by atoms with Crippen molar-refractivity contribution in [2.75, 3.05) is 19.6 Å². The number of aliphatic carboxylic acids is 1. The van der Waals surface area contributed by atoms with E-state index in [9.17, 15) is 18.4 Å². The minimum absolute atomic E-state index is 0.0544. The van der Waals surface area contributed by atoms with E-state index in [0.29, 0.717) is 17.1 Å². The van der Waals surface area contributed by atoms with Crippen LogP contribution in [0.2, 0.25) is 0 Å². The van der Waals surface area contributed by atoms with Gasteiger partial charge in [-0.15, -0.1) is 11.3 Å². The molecule has 1 aliphatic heterocycles. The van der Waals surface area contributed by atoms with Crippen LogP contribution in [0.4, 0.5) is 13.6 Å². The van der Waals surface area contributed by atoms with E-state index in [-0.39, 0.29) is 25.9 Å². The van der Waals surface area contributed by atoms with Gasteiger partial charge in [0, 0.05) is 31.3 Å². The van der Waals surface area contributed by atoms with E-state index in [2.05, 4.69) is 10.3 Å². The summed E-state index contributed by atoms with van der Waals surface area (Å²) in [6.45, 7) is -0.210. The van der Waals surface area contributed by atoms with Crippen molar-refractivity contribution in [2.45, 2.75) is 25.2 Å². The van der Waals surface area contributed by atoms with Crippen LogP contribution >= 0.6 is 11.3 Å². The number of nitrogens with zero attached hydrogens (tertiary/aromatic N) is 2. The van der Waals surface area contributed by atoms with E-state index in [1.807, 2.05) is 0 Å². The molecule has 0 aromatic carbocycles. The number of carboxylic acids is 1. The molecular formula is C12H15F2N3O3S. The van der Waals surface area contributed by atoms with Gasteiger partial charge >= 0.3 is 12.0 Å². The molecule has 0 bridgehead atoms. The summed E-state index contributed by atoms with van der Waals surface area (Å²) in [7, 11) is 0. The van der Waals surface area contributed by atoms with Crippen LogP contribution in [0.3, 0.4) is 0 Å². The highest BCUT2D eigenvalue weighted by Crippen LogP contribution is 2.26. The van der Waals surface area contributed by atoms with E-state index in [1.54, 1.807) is 5.38 Å². The number of carboxylic acid groups (broad SMARTS) is 1. The van der Waals surface area contributed by atoms with Crippen molar-refractivity contribution in [3.63, 3.8) is 0 Å². The second-order valence-electron chi connectivity index (χ2n) is 4.81. The molecule has 1 aliphatic rings. The molecule has 0 unspecified atom stereocenters. The molecule has 2 amide bonds. The third kappa shape index (κ3) is 4.62. The Balaban J connectivity index is 1.73. The summed E-state index contributed by atoms with van der Waals surface area (Å²) in [5.41, 5.74) is 0.480. The molecule has 1 saturated heterocycles. The molecule has 2 rings (SSSR count). The lowest BCUT2D eigenvalue weighted by Gasteiger charge is -2.16. The van der Waals surface area contributed by atoms with Crippen molar-refractivity contribution in [3.8, 4) is 0 Å². The Kier molecular flexibility index (Phi) is 4.71. The van der Waals surface area contributed by atoms with Gasteiger partial charge in [-0.25, -0.2) is 18.6 Å². The van der Waals surface area contributed by atoms with Crippen molar-refractivity contribution in [2.24, 2.45) is 0 Å². The number of rotatable bonds is 5. The third-order valence-corrected chi connectivity index (χ3v) is 3.96. The van der Waals surface area contributed by atoms with Crippen LogP contribution in [0.5, 0.6) is 0 Å². The minimum Gasteiger partial charge on any atom is -0.481 e. The van der Waals surface area contributed by atoms with Gasteiger partial charge in [0.2, 0.25) is 0 Å². The molecule has 116 valence electrons. The number of alkyl halides is 2. The maximum absolute atomic E-state index is 13.0. The zero-order valence-electron chi connectivity index (χ0n) is 11.1. The molecule has 1 aromatic rings. The minimum atomic E-state index is -2.79. The monoisotopic (exact) mass is 319 g/mol. The predicted octanol–water partition coefficient (Wildman–Crippen LogP) is 1.36. The summed E-state index contributed by atoms with van der Waals surface area (Å²) in [6, 6.07) is -0.505. The van der Waals surface area contributed by atoms with Gasteiger partial charge in [0.15, 0.2) is 0 Å². The number of halogens is 2. The molecule has 21 heavy (non-hydrogen) atoms. The van der Waals surface area contributed by atoms with Gasteiger partial charge in [0.05, 0.1) is 23.7 Å². The van der Waals surface area contributed by atoms with Crippen LogP contribution in [-0.2, 0) is 17.6 Å². The summed E-state index contributed by atoms with van der Waals surface area (Å²) >= 11 is 1.32. The largest absolute Gasteiger partial charge is 0.481 e. The van der Waals surface area contributed by atoms with Gasteiger partial charge in [0.1, 0.15) is 0 Å². The molecule has 0 aliphatic carbocycles. The van der Waals surface area contributed by atoms with Crippen molar-refractivity contribution < 1.29 is 23.5 Å². The number of likely N-dealkylation sites (tertiary alicyclic amines) is 1. The number of amides is 2. The van der Waals surface area contributed by atoms with E-state index < -0.39 is 24.5 Å². The first-order valence-corrected chi connectivity index (χ1v) is 7.29. The fraction of sp³-hybridized carbons (Fsp3) is 0.583. The lowest BCUT2D eigenvalue weighted by Crippen LogP contribution is -2.40. The quantitative estimate of drug-likeness (QED) is 0.858. The Bertz CT molecular complexity index is 536. The van der Waals surface area contributed by atoms with Crippen LogP contribution < -0.4 is 5.32 Å². The van der Waals surface area contributed by atoms with Gasteiger partial charge in [0.25, 0.3) is 5.92 Å². The second-order valence-corrected chi connectivity index (χ2v) is 5.76. The molecule has 0 atom stereocenters. The molecule has 0 radical (unpaired) electrons. The first-order chi connectivity index (χ1) is 9.85. The summed E-state index contributed by atoms with van der Waals surface area (Å²) in [5, 5.41) is 13.6. The standard InChI is InChI=1S/C12H15F2N3O3S/c13-12(14)2-4-17(7-12)11(20)15-3-1-9-16-8(6-21-9)5-10(18)19/h6H,1-5,7H2,(H,15,20)(H,18,19). The topological polar surface area (TPSA) is 82.5 Å². The molecule has 6 nitrogen and oxygen atoms in total. The van der Waals surface area contributed by atoms with Gasteiger partial charge in [-0.3, -0.25) is 4.79 Å². The second kappa shape index (κ2) is 6.33. The number of aromatic nitrogens is 1. The fourth-order valence-corrected chi connectivity index (χ4v) is 2.80. The molecule has 0 saturated carbocycles. The average molecular weight is 319 g/mol. The lowest BCUT2D eigenvalue weighted by atomic mass is 10.3. The molecule has 1 aromatic heterocycles. The van der Waals surface area contributed by atoms with Gasteiger partial charge in [-0.2, -0.15) is 0 Å². The van der Waals surface area contributed by atoms with Crippen molar-refractivity contribution in [3.05, 3.63) is 16.1 Å². The molecule has 9 heteroatoms. The van der Waals surface area contributed by atoms with Crippen LogP contribution in [0, 0.1) is 0 Å². The Hall–Kier alpha value is -1.77. The average Bonchev–Trinajstić information content (AvgIpc) is 2.95. The SMILES string of the molecule is O=C(O)Cc1csc(CCNC(=O)N2CCC(F)(F)C2)n1. The molecule has 0 spiro atoms. The number of thiazole rings is 1. The van der Waals surface area contributed by atoms with Gasteiger partial charge in [-0.1, -0.05) is 0 Å². The van der Waals surface area contributed by atoms with Gasteiger partial charge < -0.3 is 15.3 Å². The maximum atomic E-state index is 13.0. The number of hydrogen-bond acceptors (Lipinski definition) is 4. The van der Waals surface area contributed by atoms with Crippen LogP contribution in [-0.4, -0.2) is 52.5 Å². The Morgan fingerprint density at radius 2 is 2.29 bits per heavy atom. The lowest BCUT2D eigenvalue weighted by molar-refractivity contribution is -0.136. The first kappa shape index (κ1) is 15.6. The van der Waals surface area contributed by atoms with Crippen LogP contribution in [0.1, 0.15) is 17.1 Å². The van der Waals surface area contributed by atoms with E-state index in [4.69, 9.17) is 5.11 Å². The zero-order valence-corrected chi connectivity index (χ0v) is 12.0. The van der Waals surface area contributed by atoms with Crippen LogP contribution in [0.15, 0.2) is 5.38 Å². The summed E-state index contributed by atoms with van der Waals surface area (Å²) in [4.78, 5) is 27.4. The zero-order chi connectivity index (χ0) is 15.5. The smallest absolute Gasteiger partial charge is 0.317 e. The number of urea groups is 1. The maximum Gasteiger partial charge on any atom is 0.317 e. The third-order valence-electron chi connectivity index (χ3n) is 3.00. The molecule has 1 fully saturated rings. The first-order valence-electron chi connectivity index (χ1n) is 6.41. The summed E-state index contributed by atoms with van der Waals surface area (Å²) < 4.78 is 25.9. The highest BCUT2D eigenvalue weighted by atomic mass is 32.1. The van der Waals surface area contributed by atoms with E-state index in [1.165, 1.54) is 11.3 Å². The van der Waals surface area contributed by atoms with Gasteiger partial charge in [-0.05, 0) is 0 Å². The Labute approximate surface area is 123 Å². The van der Waals surface area contributed by atoms with Crippen molar-refractivity contribution in [1.29, 1.82) is 0 Å². The van der Waals surface area contributed by atoms with Crippen LogP contribution in [0.25, 0.3) is 0 Å². The van der Waals surface area contributed by atoms with E-state index in [0.717, 1.165) is 4.90 Å². The number of hydrogen-bond donors (Lipinski definition) is 2. The number of carbonyl (C=O) groups excluding carboxylic acids is 1. The predicted molar refractivity (Wildman–Crippen MR) is 71.7 cm³/mol. The Morgan fingerprint density at radius 3 is 2.90 bits per heavy atom. The van der Waals surface area contributed by atoms with Crippen molar-refractivity contribution in [1.82, 2.24) is 15.2 Å². The highest BCUT2D eigenvalue weighted by molar-refractivity contribution is 7.09. The Morgan fingerprint density at radius 1 is 1.52 bits per heavy atom.